The predicted molar refractivity (Wildman–Crippen MR) is 122 cm³/mol. The molecular weight excluding hydrogens is 427 g/mol. The average molecular weight is 475 g/mol. The molecule has 9 nitrogen and oxygen atoms in total. The smallest absolute Gasteiger partial charge is 0.466 e. The Morgan fingerprint density at radius 3 is 1.13 bits per heavy atom. The normalized spacial score (nSPS) is 10.8. The van der Waals surface area contributed by atoms with E-state index in [-0.39, 0.29) is 13.2 Å². The first kappa shape index (κ1) is 35.1. The van der Waals surface area contributed by atoms with Crippen LogP contribution in [0.4, 0.5) is 0 Å². The maximum atomic E-state index is 10.3. The van der Waals surface area contributed by atoms with E-state index >= 15 is 0 Å². The highest BCUT2D eigenvalue weighted by molar-refractivity contribution is 7.45. The van der Waals surface area contributed by atoms with Gasteiger partial charge >= 0.3 is 13.8 Å². The largest absolute Gasteiger partial charge is 0.481 e. The quantitative estimate of drug-likeness (QED) is 0.115. The second kappa shape index (κ2) is 27.5. The summed E-state index contributed by atoms with van der Waals surface area (Å²) in [6.45, 7) is 1.54. The van der Waals surface area contributed by atoms with Gasteiger partial charge in [-0.3, -0.25) is 4.79 Å². The summed E-state index contributed by atoms with van der Waals surface area (Å²) in [6.07, 6.45) is 19.2. The summed E-state index contributed by atoms with van der Waals surface area (Å²) in [5, 5.41) is 32.5. The highest BCUT2D eigenvalue weighted by atomic mass is 31.2. The SMILES string of the molecule is CCCCCCCCCCCCCCCCCC(=O)O.O=P(O)(O)O.OCC(O)CO. The molecule has 0 saturated carbocycles. The molecule has 0 aromatic heterocycles. The van der Waals surface area contributed by atoms with Crippen LogP contribution in [0.3, 0.4) is 0 Å². The molecule has 0 spiro atoms. The van der Waals surface area contributed by atoms with E-state index in [0.717, 1.165) is 12.8 Å². The fourth-order valence-corrected chi connectivity index (χ4v) is 2.71. The number of aliphatic hydroxyl groups is 3. The van der Waals surface area contributed by atoms with Crippen LogP contribution in [0.2, 0.25) is 0 Å². The molecule has 0 heterocycles. The van der Waals surface area contributed by atoms with Gasteiger partial charge in [0.05, 0.1) is 13.2 Å². The molecule has 0 saturated heterocycles. The lowest BCUT2D eigenvalue weighted by atomic mass is 10.0. The highest BCUT2D eigenvalue weighted by Crippen LogP contribution is 2.25. The molecular formula is C21H47O9P. The monoisotopic (exact) mass is 474 g/mol. The van der Waals surface area contributed by atoms with Gasteiger partial charge in [0.2, 0.25) is 0 Å². The van der Waals surface area contributed by atoms with Crippen molar-refractivity contribution < 1.29 is 44.5 Å². The number of carboxylic acid groups (broad SMARTS) is 1. The van der Waals surface area contributed by atoms with Gasteiger partial charge in [0.15, 0.2) is 0 Å². The predicted octanol–water partition coefficient (Wildman–Crippen LogP) is 3.74. The fraction of sp³-hybridized carbons (Fsp3) is 0.952. The van der Waals surface area contributed by atoms with Crippen molar-refractivity contribution in [3.8, 4) is 0 Å². The second-order valence-electron chi connectivity index (χ2n) is 7.63. The van der Waals surface area contributed by atoms with Crippen LogP contribution in [0.25, 0.3) is 0 Å². The van der Waals surface area contributed by atoms with E-state index in [9.17, 15) is 4.79 Å². The summed E-state index contributed by atoms with van der Waals surface area (Å²) in [6, 6.07) is 0. The first-order valence-electron chi connectivity index (χ1n) is 11.5. The van der Waals surface area contributed by atoms with Gasteiger partial charge in [-0.05, 0) is 6.42 Å². The number of aliphatic carboxylic acids is 1. The summed E-state index contributed by atoms with van der Waals surface area (Å²) in [4.78, 5) is 31.9. The van der Waals surface area contributed by atoms with E-state index in [2.05, 4.69) is 6.92 Å². The van der Waals surface area contributed by atoms with Gasteiger partial charge in [0.1, 0.15) is 6.10 Å². The lowest BCUT2D eigenvalue weighted by molar-refractivity contribution is -0.137. The number of unbranched alkanes of at least 4 members (excludes halogenated alkanes) is 14. The third-order valence-corrected chi connectivity index (χ3v) is 4.42. The van der Waals surface area contributed by atoms with E-state index in [1.807, 2.05) is 0 Å². The van der Waals surface area contributed by atoms with Crippen LogP contribution in [-0.4, -0.2) is 60.4 Å². The third-order valence-electron chi connectivity index (χ3n) is 4.42. The summed E-state index contributed by atoms with van der Waals surface area (Å²) in [7, 11) is -4.64. The molecule has 0 fully saturated rings. The van der Waals surface area contributed by atoms with Crippen molar-refractivity contribution in [3.05, 3.63) is 0 Å². The molecule has 31 heavy (non-hydrogen) atoms. The van der Waals surface area contributed by atoms with Crippen LogP contribution in [0, 0.1) is 0 Å². The molecule has 0 aliphatic rings. The van der Waals surface area contributed by atoms with Gasteiger partial charge in [-0.2, -0.15) is 0 Å². The Morgan fingerprint density at radius 1 is 0.677 bits per heavy atom. The number of aliphatic hydroxyl groups excluding tert-OH is 3. The lowest BCUT2D eigenvalue weighted by Gasteiger charge is -2.03. The van der Waals surface area contributed by atoms with Gasteiger partial charge in [-0.15, -0.1) is 0 Å². The van der Waals surface area contributed by atoms with Crippen molar-refractivity contribution in [2.45, 2.75) is 116 Å². The fourth-order valence-electron chi connectivity index (χ4n) is 2.71. The van der Waals surface area contributed by atoms with Crippen LogP contribution in [0.5, 0.6) is 0 Å². The number of carboxylic acids is 1. The molecule has 0 atom stereocenters. The Bertz CT molecular complexity index is 390. The Hall–Kier alpha value is -0.540. The molecule has 0 aliphatic carbocycles. The number of carbonyl (C=O) groups is 1. The van der Waals surface area contributed by atoms with Crippen LogP contribution >= 0.6 is 7.82 Å². The van der Waals surface area contributed by atoms with Crippen molar-refractivity contribution in [1.29, 1.82) is 0 Å². The number of hydrogen-bond acceptors (Lipinski definition) is 5. The van der Waals surface area contributed by atoms with Gasteiger partial charge in [0.25, 0.3) is 0 Å². The second-order valence-corrected chi connectivity index (χ2v) is 8.65. The van der Waals surface area contributed by atoms with E-state index in [1.54, 1.807) is 0 Å². The maximum Gasteiger partial charge on any atom is 0.466 e. The molecule has 0 unspecified atom stereocenters. The zero-order valence-corrected chi connectivity index (χ0v) is 20.1. The maximum absolute atomic E-state index is 10.3. The average Bonchev–Trinajstić information content (AvgIpc) is 2.69. The summed E-state index contributed by atoms with van der Waals surface area (Å²) in [5.41, 5.74) is 0. The van der Waals surface area contributed by atoms with Crippen molar-refractivity contribution in [2.24, 2.45) is 0 Å². The standard InChI is InChI=1S/C18H36O2.C3H8O3.H3O4P/c1-2-3-4-5-6-7-8-9-10-11-12-13-14-15-16-17-18(19)20;4-1-3(6)2-5;1-5(2,3)4/h2-17H2,1H3,(H,19,20);3-6H,1-2H2;(H3,1,2,3,4). The van der Waals surface area contributed by atoms with Crippen LogP contribution in [-0.2, 0) is 9.36 Å². The molecule has 0 rings (SSSR count). The molecule has 0 aliphatic heterocycles. The summed E-state index contributed by atoms with van der Waals surface area (Å²) < 4.78 is 8.88. The Morgan fingerprint density at radius 2 is 0.935 bits per heavy atom. The van der Waals surface area contributed by atoms with Crippen molar-refractivity contribution in [1.82, 2.24) is 0 Å². The van der Waals surface area contributed by atoms with Crippen molar-refractivity contribution >= 4 is 13.8 Å². The Kier molecular flexibility index (Phi) is 31.1. The topological polar surface area (TPSA) is 176 Å². The lowest BCUT2D eigenvalue weighted by Crippen LogP contribution is -2.15. The van der Waals surface area contributed by atoms with Gasteiger partial charge in [-0.25, -0.2) is 4.57 Å². The van der Waals surface area contributed by atoms with Crippen molar-refractivity contribution in [2.75, 3.05) is 13.2 Å². The number of hydrogen-bond donors (Lipinski definition) is 7. The minimum absolute atomic E-state index is 0.345. The molecule has 7 N–H and O–H groups in total. The van der Waals surface area contributed by atoms with Gasteiger partial charge in [-0.1, -0.05) is 96.8 Å². The van der Waals surface area contributed by atoms with Crippen LogP contribution < -0.4 is 0 Å². The van der Waals surface area contributed by atoms with Crippen molar-refractivity contribution in [3.63, 3.8) is 0 Å². The zero-order chi connectivity index (χ0) is 24.4. The van der Waals surface area contributed by atoms with Gasteiger partial charge in [0, 0.05) is 6.42 Å². The molecule has 0 aromatic carbocycles. The first-order chi connectivity index (χ1) is 14.6. The molecule has 0 aromatic rings. The highest BCUT2D eigenvalue weighted by Gasteiger charge is 2.00. The summed E-state index contributed by atoms with van der Waals surface area (Å²) in [5.74, 6) is -0.653. The van der Waals surface area contributed by atoms with Crippen LogP contribution in [0.1, 0.15) is 110 Å². The van der Waals surface area contributed by atoms with Crippen LogP contribution in [0.15, 0.2) is 0 Å². The molecule has 0 bridgehead atoms. The number of phosphoric acid groups is 1. The molecule has 0 radical (unpaired) electrons. The summed E-state index contributed by atoms with van der Waals surface area (Å²) >= 11 is 0. The minimum Gasteiger partial charge on any atom is -0.481 e. The molecule has 190 valence electrons. The molecule has 0 amide bonds. The Balaban J connectivity index is -0.000000583. The zero-order valence-electron chi connectivity index (χ0n) is 19.2. The van der Waals surface area contributed by atoms with Gasteiger partial charge < -0.3 is 35.1 Å². The third kappa shape index (κ3) is 53.1. The minimum atomic E-state index is -4.64. The Labute approximate surface area is 187 Å². The molecule has 10 heteroatoms. The van der Waals surface area contributed by atoms with E-state index in [0.29, 0.717) is 6.42 Å². The first-order valence-corrected chi connectivity index (χ1v) is 13.0. The van der Waals surface area contributed by atoms with E-state index in [1.165, 1.54) is 83.5 Å². The van der Waals surface area contributed by atoms with E-state index < -0.39 is 19.9 Å². The van der Waals surface area contributed by atoms with E-state index in [4.69, 9.17) is 39.7 Å². The number of rotatable bonds is 18.